The molecule has 6 nitrogen and oxygen atoms in total. The predicted molar refractivity (Wildman–Crippen MR) is 103 cm³/mol. The third-order valence-electron chi connectivity index (χ3n) is 5.46. The Morgan fingerprint density at radius 2 is 2.07 bits per heavy atom. The van der Waals surface area contributed by atoms with Crippen LogP contribution in [0, 0.1) is 0 Å². The molecule has 3 heterocycles. The van der Waals surface area contributed by atoms with Crippen LogP contribution in [0.4, 0.5) is 5.82 Å². The Hall–Kier alpha value is -2.63. The normalized spacial score (nSPS) is 21.3. The molecule has 2 atom stereocenters. The predicted octanol–water partition coefficient (Wildman–Crippen LogP) is 4.65. The number of fused-ring (bicyclic) bond motifs is 4. The monoisotopic (exact) mass is 363 g/mol. The molecule has 6 heteroatoms. The van der Waals surface area contributed by atoms with E-state index < -0.39 is 0 Å². The van der Waals surface area contributed by atoms with Gasteiger partial charge in [0.2, 0.25) is 0 Å². The molecule has 1 amide bonds. The molecule has 0 spiro atoms. The highest BCUT2D eigenvalue weighted by molar-refractivity contribution is 5.95. The number of carbonyl (C=O) groups excluding carboxylic acids is 1. The van der Waals surface area contributed by atoms with E-state index in [4.69, 9.17) is 0 Å². The summed E-state index contributed by atoms with van der Waals surface area (Å²) in [6.07, 6.45) is 5.99. The van der Waals surface area contributed by atoms with Gasteiger partial charge in [-0.2, -0.15) is 10.2 Å². The summed E-state index contributed by atoms with van der Waals surface area (Å²) < 4.78 is 0. The number of hydrogen-bond donors (Lipinski definition) is 0. The zero-order valence-corrected chi connectivity index (χ0v) is 15.7. The molecule has 1 saturated heterocycles. The van der Waals surface area contributed by atoms with E-state index in [1.54, 1.807) is 0 Å². The minimum atomic E-state index is 0.0558. The van der Waals surface area contributed by atoms with Crippen LogP contribution in [0.5, 0.6) is 0 Å². The number of unbranched alkanes of at least 4 members (excludes halogenated alkanes) is 1. The van der Waals surface area contributed by atoms with Crippen LogP contribution in [0.15, 0.2) is 46.6 Å². The second kappa shape index (κ2) is 7.94. The lowest BCUT2D eigenvalue weighted by atomic mass is 9.82. The second-order valence-electron chi connectivity index (χ2n) is 7.31. The molecular formula is C21H25N5O. The number of benzene rings is 1. The zero-order chi connectivity index (χ0) is 18.6. The summed E-state index contributed by atoms with van der Waals surface area (Å²) in [6.45, 7) is 2.84. The maximum Gasteiger partial charge on any atom is 0.254 e. The minimum absolute atomic E-state index is 0.0558. The van der Waals surface area contributed by atoms with E-state index in [0.29, 0.717) is 12.4 Å². The Bertz CT molecular complexity index is 836. The van der Waals surface area contributed by atoms with Crippen molar-refractivity contribution in [2.45, 2.75) is 57.5 Å². The van der Waals surface area contributed by atoms with E-state index in [9.17, 15) is 4.79 Å². The molecule has 140 valence electrons. The van der Waals surface area contributed by atoms with Gasteiger partial charge in [-0.15, -0.1) is 10.2 Å². The molecule has 1 fully saturated rings. The van der Waals surface area contributed by atoms with Gasteiger partial charge in [0.05, 0.1) is 18.3 Å². The van der Waals surface area contributed by atoms with Crippen molar-refractivity contribution in [1.29, 1.82) is 0 Å². The SMILES string of the molecule is CCCCN=Nc1cc2c(nn1)CC1CCCC2N1C(=O)c1ccccc1. The fourth-order valence-corrected chi connectivity index (χ4v) is 4.11. The minimum Gasteiger partial charge on any atom is -0.328 e. The topological polar surface area (TPSA) is 70.8 Å². The van der Waals surface area contributed by atoms with Gasteiger partial charge in [0.25, 0.3) is 5.91 Å². The molecule has 0 N–H and O–H groups in total. The van der Waals surface area contributed by atoms with Crippen molar-refractivity contribution < 1.29 is 4.79 Å². The van der Waals surface area contributed by atoms with E-state index in [2.05, 4.69) is 32.2 Å². The molecule has 2 unspecified atom stereocenters. The summed E-state index contributed by atoms with van der Waals surface area (Å²) in [4.78, 5) is 15.3. The summed E-state index contributed by atoms with van der Waals surface area (Å²) in [5, 5.41) is 17.1. The number of carbonyl (C=O) groups is 1. The third kappa shape index (κ3) is 3.61. The van der Waals surface area contributed by atoms with Gasteiger partial charge in [-0.1, -0.05) is 31.5 Å². The number of rotatable bonds is 5. The van der Waals surface area contributed by atoms with Gasteiger partial charge >= 0.3 is 0 Å². The van der Waals surface area contributed by atoms with Crippen LogP contribution in [0.1, 0.15) is 66.7 Å². The number of hydrogen-bond acceptors (Lipinski definition) is 5. The van der Waals surface area contributed by atoms with Crippen molar-refractivity contribution in [2.24, 2.45) is 10.2 Å². The van der Waals surface area contributed by atoms with Crippen LogP contribution in [0.3, 0.4) is 0 Å². The quantitative estimate of drug-likeness (QED) is 0.573. The standard InChI is InChI=1S/C21H25N5O/c1-2-3-12-22-24-20-14-17-18(23-25-20)13-16-10-7-11-19(17)26(16)21(27)15-8-5-4-6-9-15/h4-6,8-9,14,16,19H,2-3,7,10-13H2,1H3. The number of amides is 1. The van der Waals surface area contributed by atoms with Crippen molar-refractivity contribution in [2.75, 3.05) is 6.54 Å². The second-order valence-corrected chi connectivity index (χ2v) is 7.31. The van der Waals surface area contributed by atoms with Crippen LogP contribution in [0.2, 0.25) is 0 Å². The van der Waals surface area contributed by atoms with Gasteiger partial charge in [-0.05, 0) is 43.9 Å². The molecule has 2 bridgehead atoms. The van der Waals surface area contributed by atoms with Crippen molar-refractivity contribution in [3.63, 3.8) is 0 Å². The summed E-state index contributed by atoms with van der Waals surface area (Å²) >= 11 is 0. The Morgan fingerprint density at radius 1 is 1.22 bits per heavy atom. The van der Waals surface area contributed by atoms with Gasteiger partial charge in [0.15, 0.2) is 5.82 Å². The largest absolute Gasteiger partial charge is 0.328 e. The molecule has 2 aliphatic heterocycles. The maximum absolute atomic E-state index is 13.2. The zero-order valence-electron chi connectivity index (χ0n) is 15.7. The van der Waals surface area contributed by atoms with Crippen LogP contribution in [-0.2, 0) is 6.42 Å². The van der Waals surface area contributed by atoms with Crippen LogP contribution >= 0.6 is 0 Å². The van der Waals surface area contributed by atoms with Gasteiger partial charge in [0, 0.05) is 23.6 Å². The van der Waals surface area contributed by atoms with Crippen molar-refractivity contribution >= 4 is 11.7 Å². The first-order chi connectivity index (χ1) is 13.3. The smallest absolute Gasteiger partial charge is 0.254 e. The number of azo groups is 1. The lowest BCUT2D eigenvalue weighted by Gasteiger charge is -2.46. The fraction of sp³-hybridized carbons (Fsp3) is 0.476. The average Bonchev–Trinajstić information content (AvgIpc) is 2.71. The molecule has 2 aliphatic rings. The maximum atomic E-state index is 13.2. The first-order valence-electron chi connectivity index (χ1n) is 9.89. The lowest BCUT2D eigenvalue weighted by Crippen LogP contribution is -2.50. The van der Waals surface area contributed by atoms with E-state index in [1.165, 1.54) is 0 Å². The summed E-state index contributed by atoms with van der Waals surface area (Å²) in [5.41, 5.74) is 2.85. The molecular weight excluding hydrogens is 338 g/mol. The van der Waals surface area contributed by atoms with Crippen molar-refractivity contribution in [1.82, 2.24) is 15.1 Å². The van der Waals surface area contributed by atoms with E-state index >= 15 is 0 Å². The van der Waals surface area contributed by atoms with Crippen LogP contribution in [-0.4, -0.2) is 33.6 Å². The van der Waals surface area contributed by atoms with Gasteiger partial charge in [-0.25, -0.2) is 0 Å². The van der Waals surface area contributed by atoms with E-state index in [1.807, 2.05) is 36.4 Å². The highest BCUT2D eigenvalue weighted by Crippen LogP contribution is 2.42. The Labute approximate surface area is 159 Å². The van der Waals surface area contributed by atoms with Crippen LogP contribution < -0.4 is 0 Å². The van der Waals surface area contributed by atoms with Gasteiger partial charge < -0.3 is 4.90 Å². The lowest BCUT2D eigenvalue weighted by molar-refractivity contribution is 0.0394. The number of nitrogens with zero attached hydrogens (tertiary/aromatic N) is 5. The Kier molecular flexibility index (Phi) is 5.23. The first-order valence-corrected chi connectivity index (χ1v) is 9.89. The molecule has 27 heavy (non-hydrogen) atoms. The highest BCUT2D eigenvalue weighted by Gasteiger charge is 2.41. The van der Waals surface area contributed by atoms with Crippen LogP contribution in [0.25, 0.3) is 0 Å². The summed E-state index contributed by atoms with van der Waals surface area (Å²) in [7, 11) is 0. The molecule has 0 radical (unpaired) electrons. The van der Waals surface area contributed by atoms with Crippen molar-refractivity contribution in [3.8, 4) is 0 Å². The Morgan fingerprint density at radius 3 is 2.89 bits per heavy atom. The summed E-state index contributed by atoms with van der Waals surface area (Å²) in [5.74, 6) is 0.653. The molecule has 1 aromatic heterocycles. The number of aromatic nitrogens is 2. The summed E-state index contributed by atoms with van der Waals surface area (Å²) in [6, 6.07) is 11.8. The molecule has 2 aromatic rings. The fourth-order valence-electron chi connectivity index (χ4n) is 4.11. The molecule has 0 saturated carbocycles. The Balaban J connectivity index is 1.63. The first kappa shape index (κ1) is 17.8. The average molecular weight is 363 g/mol. The molecule has 0 aliphatic carbocycles. The molecule has 1 aromatic carbocycles. The molecule has 4 rings (SSSR count). The van der Waals surface area contributed by atoms with Gasteiger partial charge in [-0.3, -0.25) is 4.79 Å². The third-order valence-corrected chi connectivity index (χ3v) is 5.46. The van der Waals surface area contributed by atoms with E-state index in [-0.39, 0.29) is 18.0 Å². The highest BCUT2D eigenvalue weighted by atomic mass is 16.2. The van der Waals surface area contributed by atoms with Gasteiger partial charge in [0.1, 0.15) is 0 Å². The number of piperidine rings is 1. The van der Waals surface area contributed by atoms with E-state index in [0.717, 1.165) is 55.3 Å². The van der Waals surface area contributed by atoms with Crippen molar-refractivity contribution in [3.05, 3.63) is 53.2 Å².